The second-order valence-corrected chi connectivity index (χ2v) is 6.01. The Morgan fingerprint density at radius 1 is 1.28 bits per heavy atom. The summed E-state index contributed by atoms with van der Waals surface area (Å²) in [7, 11) is 0. The summed E-state index contributed by atoms with van der Waals surface area (Å²) >= 11 is 1.87. The van der Waals surface area contributed by atoms with Gasteiger partial charge in [0.15, 0.2) is 0 Å². The molecule has 1 aromatic heterocycles. The normalized spacial score (nSPS) is 19.2. The van der Waals surface area contributed by atoms with E-state index in [0.717, 1.165) is 13.1 Å². The Bertz CT molecular complexity index is 514. The largest absolute Gasteiger partial charge is 0.314 e. The minimum absolute atomic E-state index is 0.644. The van der Waals surface area contributed by atoms with Gasteiger partial charge in [-0.3, -0.25) is 4.90 Å². The Labute approximate surface area is 113 Å². The molecule has 1 aliphatic heterocycles. The van der Waals surface area contributed by atoms with Crippen molar-refractivity contribution in [1.82, 2.24) is 10.2 Å². The van der Waals surface area contributed by atoms with E-state index < -0.39 is 0 Å². The van der Waals surface area contributed by atoms with Crippen LogP contribution in [0.25, 0.3) is 10.1 Å². The zero-order chi connectivity index (χ0) is 12.4. The van der Waals surface area contributed by atoms with Crippen LogP contribution < -0.4 is 5.32 Å². The second kappa shape index (κ2) is 5.39. The lowest BCUT2D eigenvalue weighted by Crippen LogP contribution is -2.48. The van der Waals surface area contributed by atoms with Gasteiger partial charge in [-0.1, -0.05) is 18.2 Å². The van der Waals surface area contributed by atoms with Crippen molar-refractivity contribution in [3.05, 3.63) is 35.2 Å². The van der Waals surface area contributed by atoms with Crippen molar-refractivity contribution in [3.63, 3.8) is 0 Å². The molecule has 0 spiro atoms. The first-order valence-electron chi connectivity index (χ1n) is 6.74. The van der Waals surface area contributed by atoms with Gasteiger partial charge in [-0.2, -0.15) is 0 Å². The number of hydrogen-bond acceptors (Lipinski definition) is 3. The number of rotatable bonds is 3. The molecule has 0 aliphatic carbocycles. The molecule has 1 aromatic carbocycles. The zero-order valence-corrected chi connectivity index (χ0v) is 11.7. The Hall–Kier alpha value is -0.900. The predicted molar refractivity (Wildman–Crippen MR) is 79.4 cm³/mol. The van der Waals surface area contributed by atoms with E-state index >= 15 is 0 Å². The summed E-state index contributed by atoms with van der Waals surface area (Å²) in [6.07, 6.45) is 1.17. The molecule has 1 N–H and O–H groups in total. The molecule has 1 unspecified atom stereocenters. The lowest BCUT2D eigenvalue weighted by atomic mass is 10.0. The fraction of sp³-hybridized carbons (Fsp3) is 0.467. The van der Waals surface area contributed by atoms with E-state index in [2.05, 4.69) is 46.8 Å². The third kappa shape index (κ3) is 2.44. The maximum atomic E-state index is 3.42. The van der Waals surface area contributed by atoms with E-state index in [-0.39, 0.29) is 0 Å². The van der Waals surface area contributed by atoms with Crippen LogP contribution in [0.3, 0.4) is 0 Å². The van der Waals surface area contributed by atoms with Gasteiger partial charge in [0.05, 0.1) is 0 Å². The molecule has 3 heteroatoms. The molecule has 18 heavy (non-hydrogen) atoms. The first-order chi connectivity index (χ1) is 8.84. The summed E-state index contributed by atoms with van der Waals surface area (Å²) in [5.41, 5.74) is 1.52. The summed E-state index contributed by atoms with van der Waals surface area (Å²) in [6, 6.07) is 9.39. The van der Waals surface area contributed by atoms with Gasteiger partial charge in [-0.25, -0.2) is 0 Å². The summed E-state index contributed by atoms with van der Waals surface area (Å²) in [5.74, 6) is 0. The number of benzene rings is 1. The maximum Gasteiger partial charge on any atom is 0.0345 e. The lowest BCUT2D eigenvalue weighted by Gasteiger charge is -2.32. The van der Waals surface area contributed by atoms with Crippen molar-refractivity contribution in [2.24, 2.45) is 0 Å². The van der Waals surface area contributed by atoms with Crippen LogP contribution in [0.4, 0.5) is 0 Å². The summed E-state index contributed by atoms with van der Waals surface area (Å²) < 4.78 is 1.42. The van der Waals surface area contributed by atoms with Crippen LogP contribution in [0, 0.1) is 0 Å². The summed E-state index contributed by atoms with van der Waals surface area (Å²) in [5, 5.41) is 7.20. The van der Waals surface area contributed by atoms with E-state index in [1.165, 1.54) is 35.2 Å². The number of nitrogens with one attached hydrogen (secondary N) is 1. The van der Waals surface area contributed by atoms with E-state index in [9.17, 15) is 0 Å². The smallest absolute Gasteiger partial charge is 0.0345 e. The van der Waals surface area contributed by atoms with Crippen molar-refractivity contribution >= 4 is 21.4 Å². The molecule has 1 saturated heterocycles. The van der Waals surface area contributed by atoms with Crippen molar-refractivity contribution in [3.8, 4) is 0 Å². The highest BCUT2D eigenvalue weighted by molar-refractivity contribution is 7.17. The highest BCUT2D eigenvalue weighted by Crippen LogP contribution is 2.27. The molecule has 96 valence electrons. The number of nitrogens with zero attached hydrogens (tertiary/aromatic N) is 1. The molecule has 3 rings (SSSR count). The molecular weight excluding hydrogens is 240 g/mol. The highest BCUT2D eigenvalue weighted by Gasteiger charge is 2.17. The van der Waals surface area contributed by atoms with Crippen molar-refractivity contribution in [2.45, 2.75) is 19.4 Å². The second-order valence-electron chi connectivity index (χ2n) is 5.10. The molecule has 0 radical (unpaired) electrons. The molecule has 0 saturated carbocycles. The van der Waals surface area contributed by atoms with Gasteiger partial charge >= 0.3 is 0 Å². The van der Waals surface area contributed by atoms with Gasteiger partial charge < -0.3 is 5.32 Å². The highest BCUT2D eigenvalue weighted by atomic mass is 32.1. The third-order valence-corrected chi connectivity index (χ3v) is 4.86. The monoisotopic (exact) mass is 260 g/mol. The SMILES string of the molecule is CC(Cc1csc2ccccc12)N1CCNCC1. The fourth-order valence-corrected chi connectivity index (χ4v) is 3.74. The molecule has 0 amide bonds. The van der Waals surface area contributed by atoms with E-state index in [0.29, 0.717) is 6.04 Å². The van der Waals surface area contributed by atoms with Crippen LogP contribution >= 0.6 is 11.3 Å². The lowest BCUT2D eigenvalue weighted by molar-refractivity contribution is 0.183. The molecule has 2 nitrogen and oxygen atoms in total. The maximum absolute atomic E-state index is 3.42. The minimum Gasteiger partial charge on any atom is -0.314 e. The van der Waals surface area contributed by atoms with Crippen molar-refractivity contribution in [1.29, 1.82) is 0 Å². The van der Waals surface area contributed by atoms with Gasteiger partial charge in [0.25, 0.3) is 0 Å². The average Bonchev–Trinajstić information content (AvgIpc) is 2.83. The van der Waals surface area contributed by atoms with Gasteiger partial charge in [0.1, 0.15) is 0 Å². The molecule has 2 heterocycles. The van der Waals surface area contributed by atoms with Crippen LogP contribution in [-0.4, -0.2) is 37.1 Å². The number of hydrogen-bond donors (Lipinski definition) is 1. The number of piperazine rings is 1. The van der Waals surface area contributed by atoms with Crippen LogP contribution in [0.1, 0.15) is 12.5 Å². The number of thiophene rings is 1. The Morgan fingerprint density at radius 2 is 2.06 bits per heavy atom. The standard InChI is InChI=1S/C15H20N2S/c1-12(17-8-6-16-7-9-17)10-13-11-18-15-5-3-2-4-14(13)15/h2-5,11-12,16H,6-10H2,1H3. The average molecular weight is 260 g/mol. The summed E-state index contributed by atoms with van der Waals surface area (Å²) in [6.45, 7) is 6.99. The van der Waals surface area contributed by atoms with Crippen LogP contribution in [0.15, 0.2) is 29.6 Å². The Kier molecular flexibility index (Phi) is 3.64. The quantitative estimate of drug-likeness (QED) is 0.913. The van der Waals surface area contributed by atoms with Crippen LogP contribution in [0.5, 0.6) is 0 Å². The van der Waals surface area contributed by atoms with Gasteiger partial charge in [-0.15, -0.1) is 11.3 Å². The first-order valence-corrected chi connectivity index (χ1v) is 7.62. The Morgan fingerprint density at radius 3 is 2.89 bits per heavy atom. The molecule has 1 fully saturated rings. The molecule has 0 bridgehead atoms. The van der Waals surface area contributed by atoms with Crippen molar-refractivity contribution < 1.29 is 0 Å². The van der Waals surface area contributed by atoms with Gasteiger partial charge in [0, 0.05) is 36.9 Å². The van der Waals surface area contributed by atoms with E-state index in [1.54, 1.807) is 0 Å². The van der Waals surface area contributed by atoms with Crippen LogP contribution in [-0.2, 0) is 6.42 Å². The summed E-state index contributed by atoms with van der Waals surface area (Å²) in [4.78, 5) is 2.60. The third-order valence-electron chi connectivity index (χ3n) is 3.85. The topological polar surface area (TPSA) is 15.3 Å². The zero-order valence-electron chi connectivity index (χ0n) is 10.9. The van der Waals surface area contributed by atoms with Crippen LogP contribution in [0.2, 0.25) is 0 Å². The fourth-order valence-electron chi connectivity index (χ4n) is 2.76. The Balaban J connectivity index is 1.75. The predicted octanol–water partition coefficient (Wildman–Crippen LogP) is 2.74. The number of fused-ring (bicyclic) bond motifs is 1. The molecule has 1 atom stereocenters. The first kappa shape index (κ1) is 12.2. The van der Waals surface area contributed by atoms with E-state index in [1.807, 2.05) is 11.3 Å². The van der Waals surface area contributed by atoms with Gasteiger partial charge in [-0.05, 0) is 35.7 Å². The molecular formula is C15H20N2S. The van der Waals surface area contributed by atoms with Gasteiger partial charge in [0.2, 0.25) is 0 Å². The minimum atomic E-state index is 0.644. The molecule has 1 aliphatic rings. The van der Waals surface area contributed by atoms with Crippen molar-refractivity contribution in [2.75, 3.05) is 26.2 Å². The molecule has 2 aromatic rings. The van der Waals surface area contributed by atoms with E-state index in [4.69, 9.17) is 0 Å².